The highest BCUT2D eigenvalue weighted by Crippen LogP contribution is 2.29. The largest absolute Gasteiger partial charge is 0.455 e. The van der Waals surface area contributed by atoms with Gasteiger partial charge in [-0.15, -0.1) is 0 Å². The highest BCUT2D eigenvalue weighted by Gasteiger charge is 2.16. The molecule has 0 fully saturated rings. The predicted molar refractivity (Wildman–Crippen MR) is 70.9 cm³/mol. The summed E-state index contributed by atoms with van der Waals surface area (Å²) in [6, 6.07) is 5.04. The molecule has 0 unspecified atom stereocenters. The number of rotatable bonds is 4. The number of aromatic nitrogens is 1. The second kappa shape index (κ2) is 5.54. The molecule has 0 radical (unpaired) electrons. The summed E-state index contributed by atoms with van der Waals surface area (Å²) in [6.45, 7) is 0. The number of ether oxygens (including phenoxy) is 1. The van der Waals surface area contributed by atoms with E-state index in [0.29, 0.717) is 5.02 Å². The van der Waals surface area contributed by atoms with Gasteiger partial charge in [0, 0.05) is 24.4 Å². The van der Waals surface area contributed by atoms with E-state index in [1.54, 1.807) is 0 Å². The molecular weight excluding hydrogens is 286 g/mol. The zero-order valence-electron chi connectivity index (χ0n) is 9.95. The number of nitro benzene ring substituents is 1. The molecule has 0 atom stereocenters. The monoisotopic (exact) mass is 293 g/mol. The van der Waals surface area contributed by atoms with Crippen LogP contribution in [0.2, 0.25) is 5.02 Å². The molecule has 0 saturated carbocycles. The van der Waals surface area contributed by atoms with Crippen LogP contribution in [0.25, 0.3) is 0 Å². The van der Waals surface area contributed by atoms with Crippen LogP contribution >= 0.6 is 11.6 Å². The SMILES string of the molecule is NC(=O)c1cc([N+](=O)[O-])ccc1Oc1cncc(Cl)c1. The van der Waals surface area contributed by atoms with Gasteiger partial charge in [0.15, 0.2) is 0 Å². The van der Waals surface area contributed by atoms with Crippen molar-refractivity contribution in [3.8, 4) is 11.5 Å². The Morgan fingerprint density at radius 1 is 1.35 bits per heavy atom. The topological polar surface area (TPSA) is 108 Å². The minimum atomic E-state index is -0.835. The summed E-state index contributed by atoms with van der Waals surface area (Å²) in [4.78, 5) is 25.2. The van der Waals surface area contributed by atoms with Crippen molar-refractivity contribution in [1.82, 2.24) is 4.98 Å². The molecule has 2 aromatic rings. The van der Waals surface area contributed by atoms with Crippen LogP contribution in [0, 0.1) is 10.1 Å². The summed E-state index contributed by atoms with van der Waals surface area (Å²) in [5, 5.41) is 11.0. The first-order valence-electron chi connectivity index (χ1n) is 5.34. The zero-order valence-corrected chi connectivity index (χ0v) is 10.7. The third kappa shape index (κ3) is 3.01. The highest BCUT2D eigenvalue weighted by atomic mass is 35.5. The predicted octanol–water partition coefficient (Wildman–Crippen LogP) is 2.53. The zero-order chi connectivity index (χ0) is 14.7. The van der Waals surface area contributed by atoms with E-state index in [0.717, 1.165) is 6.07 Å². The fourth-order valence-electron chi connectivity index (χ4n) is 1.49. The number of hydrogen-bond acceptors (Lipinski definition) is 5. The van der Waals surface area contributed by atoms with Crippen LogP contribution in [0.15, 0.2) is 36.7 Å². The van der Waals surface area contributed by atoms with Crippen LogP contribution in [0.3, 0.4) is 0 Å². The Balaban J connectivity index is 2.41. The van der Waals surface area contributed by atoms with E-state index in [1.807, 2.05) is 0 Å². The van der Waals surface area contributed by atoms with Gasteiger partial charge in [0.05, 0.1) is 21.7 Å². The van der Waals surface area contributed by atoms with Crippen LogP contribution in [0.1, 0.15) is 10.4 Å². The summed E-state index contributed by atoms with van der Waals surface area (Å²) in [5.41, 5.74) is 4.83. The number of amides is 1. The molecule has 0 spiro atoms. The molecule has 1 aromatic heterocycles. The van der Waals surface area contributed by atoms with Gasteiger partial charge in [-0.2, -0.15) is 0 Å². The first-order valence-corrected chi connectivity index (χ1v) is 5.72. The van der Waals surface area contributed by atoms with Crippen molar-refractivity contribution < 1.29 is 14.5 Å². The number of non-ortho nitro benzene ring substituents is 1. The average molecular weight is 294 g/mol. The van der Waals surface area contributed by atoms with E-state index in [9.17, 15) is 14.9 Å². The second-order valence-corrected chi connectivity index (χ2v) is 4.18. The van der Waals surface area contributed by atoms with Gasteiger partial charge in [-0.3, -0.25) is 19.9 Å². The number of nitro groups is 1. The molecule has 20 heavy (non-hydrogen) atoms. The van der Waals surface area contributed by atoms with Crippen molar-refractivity contribution in [2.24, 2.45) is 5.73 Å². The molecule has 0 saturated heterocycles. The van der Waals surface area contributed by atoms with E-state index >= 15 is 0 Å². The lowest BCUT2D eigenvalue weighted by molar-refractivity contribution is -0.384. The fraction of sp³-hybridized carbons (Fsp3) is 0. The number of nitrogens with two attached hydrogens (primary N) is 1. The number of pyridine rings is 1. The van der Waals surface area contributed by atoms with E-state index in [1.165, 1.54) is 30.6 Å². The Hall–Kier alpha value is -2.67. The molecule has 1 heterocycles. The van der Waals surface area contributed by atoms with E-state index in [4.69, 9.17) is 22.1 Å². The lowest BCUT2D eigenvalue weighted by atomic mass is 10.1. The Kier molecular flexibility index (Phi) is 3.81. The van der Waals surface area contributed by atoms with Gasteiger partial charge in [0.1, 0.15) is 11.5 Å². The molecule has 1 aromatic carbocycles. The van der Waals surface area contributed by atoms with Crippen LogP contribution in [-0.2, 0) is 0 Å². The molecule has 102 valence electrons. The molecule has 2 N–H and O–H groups in total. The van der Waals surface area contributed by atoms with E-state index in [-0.39, 0.29) is 22.7 Å². The normalized spacial score (nSPS) is 10.1. The summed E-state index contributed by atoms with van der Waals surface area (Å²) >= 11 is 5.76. The van der Waals surface area contributed by atoms with E-state index < -0.39 is 10.8 Å². The van der Waals surface area contributed by atoms with E-state index in [2.05, 4.69) is 4.98 Å². The van der Waals surface area contributed by atoms with Crippen molar-refractivity contribution in [2.45, 2.75) is 0 Å². The van der Waals surface area contributed by atoms with Crippen molar-refractivity contribution in [3.63, 3.8) is 0 Å². The molecule has 1 amide bonds. The first kappa shape index (κ1) is 13.8. The number of benzene rings is 1. The minimum Gasteiger partial charge on any atom is -0.455 e. The molecule has 0 aliphatic heterocycles. The van der Waals surface area contributed by atoms with Crippen molar-refractivity contribution in [3.05, 3.63) is 57.4 Å². The lowest BCUT2D eigenvalue weighted by Gasteiger charge is -2.08. The summed E-state index contributed by atoms with van der Waals surface area (Å²) in [6.07, 6.45) is 2.80. The third-order valence-electron chi connectivity index (χ3n) is 2.35. The van der Waals surface area contributed by atoms with Crippen molar-refractivity contribution in [2.75, 3.05) is 0 Å². The molecule has 0 bridgehead atoms. The number of primary amides is 1. The Bertz CT molecular complexity index is 690. The van der Waals surface area contributed by atoms with Crippen LogP contribution < -0.4 is 10.5 Å². The van der Waals surface area contributed by atoms with Gasteiger partial charge in [-0.1, -0.05) is 11.6 Å². The molecule has 0 aliphatic carbocycles. The highest BCUT2D eigenvalue weighted by molar-refractivity contribution is 6.30. The smallest absolute Gasteiger partial charge is 0.270 e. The Morgan fingerprint density at radius 3 is 2.70 bits per heavy atom. The molecule has 8 heteroatoms. The number of hydrogen-bond donors (Lipinski definition) is 1. The fourth-order valence-corrected chi connectivity index (χ4v) is 1.65. The second-order valence-electron chi connectivity index (χ2n) is 3.74. The Labute approximate surface area is 118 Å². The lowest BCUT2D eigenvalue weighted by Crippen LogP contribution is -2.12. The van der Waals surface area contributed by atoms with Crippen molar-refractivity contribution in [1.29, 1.82) is 0 Å². The van der Waals surface area contributed by atoms with Gasteiger partial charge in [-0.25, -0.2) is 0 Å². The molecule has 0 aliphatic rings. The standard InChI is InChI=1S/C12H8ClN3O4/c13-7-3-9(6-15-5-7)20-11-2-1-8(16(18)19)4-10(11)12(14)17/h1-6H,(H2,14,17). The maximum absolute atomic E-state index is 11.3. The number of carbonyl (C=O) groups is 1. The van der Waals surface area contributed by atoms with Crippen LogP contribution in [-0.4, -0.2) is 15.8 Å². The minimum absolute atomic E-state index is 0.0900. The number of halogens is 1. The van der Waals surface area contributed by atoms with Gasteiger partial charge in [0.25, 0.3) is 11.6 Å². The number of carbonyl (C=O) groups excluding carboxylic acids is 1. The van der Waals surface area contributed by atoms with Gasteiger partial charge >= 0.3 is 0 Å². The molecule has 7 nitrogen and oxygen atoms in total. The van der Waals surface area contributed by atoms with Gasteiger partial charge in [-0.05, 0) is 6.07 Å². The summed E-state index contributed by atoms with van der Waals surface area (Å²) in [5.74, 6) is -0.459. The summed E-state index contributed by atoms with van der Waals surface area (Å²) in [7, 11) is 0. The number of nitrogens with zero attached hydrogens (tertiary/aromatic N) is 2. The maximum atomic E-state index is 11.3. The third-order valence-corrected chi connectivity index (χ3v) is 2.55. The maximum Gasteiger partial charge on any atom is 0.270 e. The molecule has 2 rings (SSSR count). The Morgan fingerprint density at radius 2 is 2.10 bits per heavy atom. The summed E-state index contributed by atoms with van der Waals surface area (Å²) < 4.78 is 5.42. The van der Waals surface area contributed by atoms with Crippen LogP contribution in [0.5, 0.6) is 11.5 Å². The quantitative estimate of drug-likeness (QED) is 0.688. The van der Waals surface area contributed by atoms with Crippen LogP contribution in [0.4, 0.5) is 5.69 Å². The average Bonchev–Trinajstić information content (AvgIpc) is 2.38. The van der Waals surface area contributed by atoms with Crippen molar-refractivity contribution >= 4 is 23.2 Å². The first-order chi connectivity index (χ1) is 9.47. The van der Waals surface area contributed by atoms with Gasteiger partial charge in [0.2, 0.25) is 0 Å². The van der Waals surface area contributed by atoms with Gasteiger partial charge < -0.3 is 10.5 Å². The molecular formula is C12H8ClN3O4.